The summed E-state index contributed by atoms with van der Waals surface area (Å²) < 4.78 is 19.7. The molecule has 2 heterocycles. The van der Waals surface area contributed by atoms with Crippen LogP contribution in [0.5, 0.6) is 0 Å². The molecule has 1 aliphatic rings. The zero-order valence-electron chi connectivity index (χ0n) is 6.01. The molecule has 0 atom stereocenters. The number of aromatic nitrogens is 1. The van der Waals surface area contributed by atoms with Gasteiger partial charge in [-0.3, -0.25) is 0 Å². The van der Waals surface area contributed by atoms with Crippen molar-refractivity contribution in [2.24, 2.45) is 0 Å². The van der Waals surface area contributed by atoms with Crippen molar-refractivity contribution < 1.29 is 9.13 Å². The summed E-state index contributed by atoms with van der Waals surface area (Å²) in [5.41, 5.74) is 6.28. The van der Waals surface area contributed by atoms with Crippen LogP contribution < -0.4 is 5.73 Å². The van der Waals surface area contributed by atoms with Crippen LogP contribution in [0.25, 0.3) is 0 Å². The minimum Gasteiger partial charge on any atom is -0.383 e. The Hall–Kier alpha value is -1.03. The third kappa shape index (κ3) is 0.903. The Morgan fingerprint density at radius 3 is 3.18 bits per heavy atom. The second-order valence-electron chi connectivity index (χ2n) is 2.57. The number of hydrogen-bond donors (Lipinski definition) is 1. The van der Waals surface area contributed by atoms with E-state index < -0.39 is 0 Å². The van der Waals surface area contributed by atoms with Crippen molar-refractivity contribution in [2.75, 3.05) is 12.3 Å². The highest BCUT2D eigenvalue weighted by atomic mass is 19.1. The van der Waals surface area contributed by atoms with Gasteiger partial charge >= 0.3 is 0 Å². The maximum atomic E-state index is 12.8. The fourth-order valence-electron chi connectivity index (χ4n) is 1.30. The summed E-state index contributed by atoms with van der Waals surface area (Å²) in [6.45, 7) is 1.74. The lowest BCUT2D eigenvalue weighted by Gasteiger charge is -2.16. The molecule has 2 rings (SSSR count). The summed E-state index contributed by atoms with van der Waals surface area (Å²) in [4.78, 5) is 0. The second-order valence-corrected chi connectivity index (χ2v) is 2.57. The number of fused-ring (bicyclic) bond motifs is 1. The van der Waals surface area contributed by atoms with Crippen molar-refractivity contribution in [1.29, 1.82) is 0 Å². The normalized spacial score (nSPS) is 16.5. The van der Waals surface area contributed by atoms with Crippen LogP contribution in [0.4, 0.5) is 10.2 Å². The first-order chi connectivity index (χ1) is 5.29. The van der Waals surface area contributed by atoms with Crippen LogP contribution in [0.3, 0.4) is 0 Å². The molecule has 1 aliphatic heterocycles. The monoisotopic (exact) mass is 156 g/mol. The molecule has 0 aromatic carbocycles. The number of ether oxygens (including phenoxy) is 1. The molecule has 11 heavy (non-hydrogen) atoms. The predicted molar refractivity (Wildman–Crippen MR) is 38.5 cm³/mol. The van der Waals surface area contributed by atoms with Crippen molar-refractivity contribution in [2.45, 2.75) is 13.2 Å². The third-order valence-electron chi connectivity index (χ3n) is 1.88. The SMILES string of the molecule is Nc1c(F)cc2n1CCOC2. The second kappa shape index (κ2) is 2.23. The van der Waals surface area contributed by atoms with Gasteiger partial charge in [-0.25, -0.2) is 4.39 Å². The molecule has 0 bridgehead atoms. The molecule has 0 unspecified atom stereocenters. The van der Waals surface area contributed by atoms with E-state index in [2.05, 4.69) is 0 Å². The summed E-state index contributed by atoms with van der Waals surface area (Å²) in [5, 5.41) is 0. The molecule has 2 N–H and O–H groups in total. The third-order valence-corrected chi connectivity index (χ3v) is 1.88. The van der Waals surface area contributed by atoms with Gasteiger partial charge in [-0.1, -0.05) is 0 Å². The Balaban J connectivity index is 2.50. The Labute approximate surface area is 63.6 Å². The summed E-state index contributed by atoms with van der Waals surface area (Å²) in [7, 11) is 0. The van der Waals surface area contributed by atoms with E-state index in [-0.39, 0.29) is 11.6 Å². The largest absolute Gasteiger partial charge is 0.383 e. The van der Waals surface area contributed by atoms with Gasteiger partial charge in [0.2, 0.25) is 0 Å². The molecule has 0 radical (unpaired) electrons. The van der Waals surface area contributed by atoms with Gasteiger partial charge in [0.25, 0.3) is 0 Å². The molecule has 60 valence electrons. The molecule has 1 aromatic heterocycles. The van der Waals surface area contributed by atoms with Crippen LogP contribution >= 0.6 is 0 Å². The Morgan fingerprint density at radius 1 is 1.64 bits per heavy atom. The quantitative estimate of drug-likeness (QED) is 0.601. The highest BCUT2D eigenvalue weighted by Gasteiger charge is 2.15. The Morgan fingerprint density at radius 2 is 2.45 bits per heavy atom. The van der Waals surface area contributed by atoms with Crippen LogP contribution in [0.2, 0.25) is 0 Å². The summed E-state index contributed by atoms with van der Waals surface area (Å²) in [6, 6.07) is 1.43. The number of hydrogen-bond acceptors (Lipinski definition) is 2. The topological polar surface area (TPSA) is 40.2 Å². The van der Waals surface area contributed by atoms with Gasteiger partial charge in [-0.15, -0.1) is 0 Å². The molecule has 0 amide bonds. The maximum Gasteiger partial charge on any atom is 0.165 e. The van der Waals surface area contributed by atoms with E-state index in [4.69, 9.17) is 10.5 Å². The zero-order valence-corrected chi connectivity index (χ0v) is 6.01. The van der Waals surface area contributed by atoms with Gasteiger partial charge < -0.3 is 15.0 Å². The number of nitrogens with two attached hydrogens (primary N) is 1. The number of halogens is 1. The molecule has 0 aliphatic carbocycles. The summed E-state index contributed by atoms with van der Waals surface area (Å²) in [6.07, 6.45) is 0. The van der Waals surface area contributed by atoms with Crippen LogP contribution in [0.1, 0.15) is 5.69 Å². The van der Waals surface area contributed by atoms with E-state index in [1.165, 1.54) is 6.07 Å². The highest BCUT2D eigenvalue weighted by molar-refractivity contribution is 5.36. The molecule has 0 fully saturated rings. The van der Waals surface area contributed by atoms with Gasteiger partial charge in [0.05, 0.1) is 13.2 Å². The van der Waals surface area contributed by atoms with Crippen LogP contribution in [0, 0.1) is 5.82 Å². The van der Waals surface area contributed by atoms with E-state index in [1.54, 1.807) is 4.57 Å². The summed E-state index contributed by atoms with van der Waals surface area (Å²) in [5.74, 6) is -0.117. The van der Waals surface area contributed by atoms with Crippen molar-refractivity contribution in [3.63, 3.8) is 0 Å². The average molecular weight is 156 g/mol. The minimum absolute atomic E-state index is 0.225. The first-order valence-electron chi connectivity index (χ1n) is 3.50. The van der Waals surface area contributed by atoms with Gasteiger partial charge in [-0.05, 0) is 6.07 Å². The molecule has 3 nitrogen and oxygen atoms in total. The Bertz CT molecular complexity index is 282. The molecule has 0 spiro atoms. The van der Waals surface area contributed by atoms with Crippen molar-refractivity contribution in [3.05, 3.63) is 17.6 Å². The minimum atomic E-state index is -0.342. The van der Waals surface area contributed by atoms with Crippen molar-refractivity contribution in [3.8, 4) is 0 Å². The van der Waals surface area contributed by atoms with E-state index in [0.717, 1.165) is 5.69 Å². The van der Waals surface area contributed by atoms with Crippen LogP contribution in [0.15, 0.2) is 6.07 Å². The first-order valence-corrected chi connectivity index (χ1v) is 3.50. The van der Waals surface area contributed by atoms with Crippen LogP contribution in [-0.2, 0) is 17.9 Å². The van der Waals surface area contributed by atoms with E-state index in [9.17, 15) is 4.39 Å². The molecule has 0 saturated carbocycles. The summed E-state index contributed by atoms with van der Waals surface area (Å²) >= 11 is 0. The lowest BCUT2D eigenvalue weighted by atomic mass is 10.4. The average Bonchev–Trinajstić information content (AvgIpc) is 2.30. The lowest BCUT2D eigenvalue weighted by molar-refractivity contribution is 0.0858. The van der Waals surface area contributed by atoms with Crippen LogP contribution in [-0.4, -0.2) is 11.2 Å². The van der Waals surface area contributed by atoms with Gasteiger partial charge in [0, 0.05) is 12.2 Å². The van der Waals surface area contributed by atoms with E-state index in [1.807, 2.05) is 0 Å². The molecule has 4 heteroatoms. The highest BCUT2D eigenvalue weighted by Crippen LogP contribution is 2.19. The van der Waals surface area contributed by atoms with Crippen molar-refractivity contribution >= 4 is 5.82 Å². The zero-order chi connectivity index (χ0) is 7.84. The fourth-order valence-corrected chi connectivity index (χ4v) is 1.30. The Kier molecular flexibility index (Phi) is 1.35. The maximum absolute atomic E-state index is 12.8. The molecular weight excluding hydrogens is 147 g/mol. The molecule has 0 saturated heterocycles. The number of rotatable bonds is 0. The first kappa shape index (κ1) is 6.67. The van der Waals surface area contributed by atoms with Crippen molar-refractivity contribution in [1.82, 2.24) is 4.57 Å². The fraction of sp³-hybridized carbons (Fsp3) is 0.429. The van der Waals surface area contributed by atoms with Gasteiger partial charge in [-0.2, -0.15) is 0 Å². The standard InChI is InChI=1S/C7H9FN2O/c8-6-3-5-4-11-2-1-10(5)7(6)9/h3H,1-2,4,9H2. The van der Waals surface area contributed by atoms with E-state index in [0.29, 0.717) is 19.8 Å². The molecule has 1 aromatic rings. The lowest BCUT2D eigenvalue weighted by Crippen LogP contribution is -2.17. The van der Waals surface area contributed by atoms with Gasteiger partial charge in [0.1, 0.15) is 5.82 Å². The molecular formula is C7H9FN2O. The van der Waals surface area contributed by atoms with Gasteiger partial charge in [0.15, 0.2) is 5.82 Å². The number of anilines is 1. The predicted octanol–water partition coefficient (Wildman–Crippen LogP) is 0.740. The number of nitrogens with zero attached hydrogens (tertiary/aromatic N) is 1. The van der Waals surface area contributed by atoms with E-state index >= 15 is 0 Å². The number of nitrogen functional groups attached to an aromatic ring is 1. The smallest absolute Gasteiger partial charge is 0.165 e.